The number of anilines is 2. The number of benzene rings is 2. The molecule has 6 rings (SSSR count). The summed E-state index contributed by atoms with van der Waals surface area (Å²) < 4.78 is 34.8. The second-order valence-electron chi connectivity index (χ2n) is 11.8. The molecule has 10 heteroatoms. The summed E-state index contributed by atoms with van der Waals surface area (Å²) in [6.45, 7) is 5.17. The molecule has 2 aromatic carbocycles. The molecule has 218 valence electrons. The van der Waals surface area contributed by atoms with E-state index in [4.69, 9.17) is 4.42 Å². The second-order valence-corrected chi connectivity index (χ2v) is 11.8. The molecular weight excluding hydrogens is 542 g/mol. The highest BCUT2D eigenvalue weighted by molar-refractivity contribution is 6.02. The number of fused-ring (bicyclic) bond motifs is 1. The van der Waals surface area contributed by atoms with Crippen LogP contribution in [0.4, 0.5) is 20.2 Å². The Morgan fingerprint density at radius 2 is 1.71 bits per heavy atom. The summed E-state index contributed by atoms with van der Waals surface area (Å²) in [6, 6.07) is 13.0. The topological polar surface area (TPSA) is 86.1 Å². The van der Waals surface area contributed by atoms with Gasteiger partial charge in [0, 0.05) is 55.5 Å². The highest BCUT2D eigenvalue weighted by Gasteiger charge is 2.43. The first-order valence-electron chi connectivity index (χ1n) is 14.1. The third kappa shape index (κ3) is 5.17. The lowest BCUT2D eigenvalue weighted by Crippen LogP contribution is -2.53. The second kappa shape index (κ2) is 10.7. The van der Waals surface area contributed by atoms with Gasteiger partial charge in [0.2, 0.25) is 5.91 Å². The van der Waals surface area contributed by atoms with E-state index in [1.54, 1.807) is 26.8 Å². The number of Topliss-reactive ketones (excluding diaryl/α,β-unsaturated/α-hetero) is 1. The maximum Gasteiger partial charge on any atom is 0.289 e. The summed E-state index contributed by atoms with van der Waals surface area (Å²) in [5.41, 5.74) is 2.20. The van der Waals surface area contributed by atoms with Crippen molar-refractivity contribution < 1.29 is 27.6 Å². The number of halogens is 2. The van der Waals surface area contributed by atoms with Crippen LogP contribution in [0.25, 0.3) is 0 Å². The van der Waals surface area contributed by atoms with Gasteiger partial charge in [-0.3, -0.25) is 14.4 Å². The molecule has 1 N–H and O–H groups in total. The predicted octanol–water partition coefficient (Wildman–Crippen LogP) is 5.16. The minimum absolute atomic E-state index is 0.122. The molecule has 0 bridgehead atoms. The van der Waals surface area contributed by atoms with Gasteiger partial charge in [0.1, 0.15) is 11.6 Å². The number of hydrogen-bond donors (Lipinski definition) is 1. The van der Waals surface area contributed by atoms with Crippen molar-refractivity contribution in [2.45, 2.75) is 32.7 Å². The number of nitrogens with one attached hydrogen (secondary N) is 1. The number of piperazine rings is 1. The summed E-state index contributed by atoms with van der Waals surface area (Å²) >= 11 is 0. The molecular formula is C32H32F2N4O4. The number of amides is 2. The monoisotopic (exact) mass is 574 g/mol. The molecule has 1 fully saturated rings. The predicted molar refractivity (Wildman–Crippen MR) is 153 cm³/mol. The molecule has 1 aliphatic carbocycles. The van der Waals surface area contributed by atoms with Crippen LogP contribution in [0.15, 0.2) is 76.5 Å². The van der Waals surface area contributed by atoms with Crippen molar-refractivity contribution in [3.8, 4) is 0 Å². The van der Waals surface area contributed by atoms with Gasteiger partial charge in [0.25, 0.3) is 5.91 Å². The van der Waals surface area contributed by atoms with Gasteiger partial charge in [-0.2, -0.15) is 0 Å². The number of para-hydroxylation sites is 2. The average molecular weight is 575 g/mol. The number of hydrogen-bond acceptors (Lipinski definition) is 6. The maximum absolute atomic E-state index is 15.5. The van der Waals surface area contributed by atoms with E-state index in [1.165, 1.54) is 18.4 Å². The third-order valence-electron chi connectivity index (χ3n) is 8.22. The van der Waals surface area contributed by atoms with Crippen molar-refractivity contribution in [1.82, 2.24) is 9.80 Å². The van der Waals surface area contributed by atoms with E-state index in [0.717, 1.165) is 6.07 Å². The number of carbonyl (C=O) groups excluding carboxylic acids is 3. The Morgan fingerprint density at radius 3 is 2.43 bits per heavy atom. The van der Waals surface area contributed by atoms with Crippen LogP contribution >= 0.6 is 0 Å². The van der Waals surface area contributed by atoms with Gasteiger partial charge in [-0.05, 0) is 42.2 Å². The molecule has 2 aliphatic heterocycles. The molecule has 0 saturated carbocycles. The zero-order chi connectivity index (χ0) is 29.6. The van der Waals surface area contributed by atoms with Gasteiger partial charge < -0.3 is 24.4 Å². The average Bonchev–Trinajstić information content (AvgIpc) is 3.45. The van der Waals surface area contributed by atoms with Gasteiger partial charge in [-0.15, -0.1) is 0 Å². The Labute approximate surface area is 242 Å². The van der Waals surface area contributed by atoms with Crippen LogP contribution in [0, 0.1) is 17.0 Å². The quantitative estimate of drug-likeness (QED) is 0.464. The Morgan fingerprint density at radius 1 is 0.976 bits per heavy atom. The molecule has 1 aromatic heterocycles. The number of ketones is 1. The summed E-state index contributed by atoms with van der Waals surface area (Å²) in [4.78, 5) is 45.4. The van der Waals surface area contributed by atoms with E-state index >= 15 is 4.39 Å². The van der Waals surface area contributed by atoms with E-state index in [1.807, 2.05) is 38.1 Å². The smallest absolute Gasteiger partial charge is 0.289 e. The first kappa shape index (κ1) is 27.7. The molecule has 0 spiro atoms. The number of carbonyl (C=O) groups is 3. The first-order valence-corrected chi connectivity index (χ1v) is 14.1. The van der Waals surface area contributed by atoms with Crippen LogP contribution in [-0.2, 0) is 9.59 Å². The number of furan rings is 1. The molecule has 3 aliphatic rings. The number of nitrogens with zero attached hydrogens (tertiary/aromatic N) is 3. The molecule has 3 aromatic rings. The highest BCUT2D eigenvalue weighted by Crippen LogP contribution is 2.48. The molecule has 1 unspecified atom stereocenters. The minimum Gasteiger partial charge on any atom is -0.459 e. The molecule has 8 nitrogen and oxygen atoms in total. The van der Waals surface area contributed by atoms with Gasteiger partial charge in [-0.25, -0.2) is 8.78 Å². The van der Waals surface area contributed by atoms with Crippen molar-refractivity contribution in [2.24, 2.45) is 5.41 Å². The van der Waals surface area contributed by atoms with Crippen molar-refractivity contribution in [3.63, 3.8) is 0 Å². The van der Waals surface area contributed by atoms with E-state index in [0.29, 0.717) is 55.2 Å². The van der Waals surface area contributed by atoms with Crippen molar-refractivity contribution >= 4 is 29.0 Å². The fourth-order valence-electron chi connectivity index (χ4n) is 6.23. The van der Waals surface area contributed by atoms with Gasteiger partial charge in [-0.1, -0.05) is 32.0 Å². The Hall–Kier alpha value is -4.47. The van der Waals surface area contributed by atoms with E-state index in [9.17, 15) is 18.8 Å². The van der Waals surface area contributed by atoms with Crippen LogP contribution < -0.4 is 10.2 Å². The van der Waals surface area contributed by atoms with Crippen molar-refractivity contribution in [2.75, 3.05) is 42.9 Å². The molecule has 1 saturated heterocycles. The molecule has 3 heterocycles. The largest absolute Gasteiger partial charge is 0.459 e. The zero-order valence-electron chi connectivity index (χ0n) is 23.5. The van der Waals surface area contributed by atoms with Gasteiger partial charge >= 0.3 is 0 Å². The van der Waals surface area contributed by atoms with Crippen molar-refractivity contribution in [3.05, 3.63) is 95.1 Å². The van der Waals surface area contributed by atoms with Crippen LogP contribution in [0.5, 0.6) is 0 Å². The van der Waals surface area contributed by atoms with Gasteiger partial charge in [0.15, 0.2) is 11.5 Å². The lowest BCUT2D eigenvalue weighted by atomic mass is 9.73. The summed E-state index contributed by atoms with van der Waals surface area (Å²) in [5.74, 6) is -1.86. The Kier molecular flexibility index (Phi) is 7.08. The first-order chi connectivity index (χ1) is 20.1. The Balaban J connectivity index is 1.36. The lowest BCUT2D eigenvalue weighted by molar-refractivity contribution is -0.131. The summed E-state index contributed by atoms with van der Waals surface area (Å²) in [5, 5.41) is 3.44. The fraction of sp³-hybridized carbons (Fsp3) is 0.344. The summed E-state index contributed by atoms with van der Waals surface area (Å²) in [7, 11) is 0. The minimum atomic E-state index is -0.953. The van der Waals surface area contributed by atoms with Crippen LogP contribution in [0.2, 0.25) is 0 Å². The number of allylic oxidation sites excluding steroid dienone is 1. The lowest BCUT2D eigenvalue weighted by Gasteiger charge is -2.39. The highest BCUT2D eigenvalue weighted by atomic mass is 19.1. The normalized spacial score (nSPS) is 20.0. The third-order valence-corrected chi connectivity index (χ3v) is 8.22. The molecule has 42 heavy (non-hydrogen) atoms. The van der Waals surface area contributed by atoms with Gasteiger partial charge in [0.05, 0.1) is 30.2 Å². The van der Waals surface area contributed by atoms with E-state index in [2.05, 4.69) is 5.32 Å². The van der Waals surface area contributed by atoms with E-state index in [-0.39, 0.29) is 47.3 Å². The zero-order valence-corrected chi connectivity index (χ0v) is 23.5. The van der Waals surface area contributed by atoms with Crippen LogP contribution in [0.1, 0.15) is 48.8 Å². The Bertz CT molecular complexity index is 1570. The molecule has 1 atom stereocenters. The van der Waals surface area contributed by atoms with Crippen LogP contribution in [-0.4, -0.2) is 60.1 Å². The van der Waals surface area contributed by atoms with E-state index < -0.39 is 17.7 Å². The molecule has 0 radical (unpaired) electrons. The summed E-state index contributed by atoms with van der Waals surface area (Å²) in [6.07, 6.45) is 2.26. The fourth-order valence-corrected chi connectivity index (χ4v) is 6.23. The standard InChI is InChI=1S/C32H32F2N4O4/c1-32(2)17-24-29(26(39)18-32)30(21-10-9-20(33)16-22(21)34)38(25-7-4-3-6-23(25)35-24)19-28(40)36-11-13-37(14-12-36)31(41)27-8-5-15-42-27/h3-10,15-16,30,35H,11-14,17-19H2,1-2H3. The maximum atomic E-state index is 15.5. The van der Waals surface area contributed by atoms with Crippen molar-refractivity contribution in [1.29, 1.82) is 0 Å². The molecule has 2 amide bonds. The number of rotatable bonds is 4. The van der Waals surface area contributed by atoms with Crippen LogP contribution in [0.3, 0.4) is 0 Å². The SMILES string of the molecule is CC1(C)CC(=O)C2=C(C1)Nc1ccccc1N(CC(=O)N1CCN(C(=O)c3ccco3)CC1)C2c1ccc(F)cc1F.